The van der Waals surface area contributed by atoms with Gasteiger partial charge in [-0.25, -0.2) is 9.97 Å². The van der Waals surface area contributed by atoms with E-state index in [9.17, 15) is 0 Å². The van der Waals surface area contributed by atoms with Crippen molar-refractivity contribution in [3.63, 3.8) is 0 Å². The summed E-state index contributed by atoms with van der Waals surface area (Å²) < 4.78 is 5.99. The van der Waals surface area contributed by atoms with Gasteiger partial charge in [0.1, 0.15) is 6.33 Å². The normalized spacial score (nSPS) is 12.6. The molecule has 0 radical (unpaired) electrons. The fraction of sp³-hybridized carbons (Fsp3) is 0.273. The van der Waals surface area contributed by atoms with Gasteiger partial charge in [0.25, 0.3) is 0 Å². The van der Waals surface area contributed by atoms with Crippen LogP contribution in [0, 0.1) is 0 Å². The molecule has 4 nitrogen and oxygen atoms in total. The zero-order valence-corrected chi connectivity index (χ0v) is 10.4. The zero-order chi connectivity index (χ0) is 11.4. The van der Waals surface area contributed by atoms with Crippen LogP contribution < -0.4 is 5.32 Å². The Kier molecular flexibility index (Phi) is 3.69. The fourth-order valence-corrected chi connectivity index (χ4v) is 2.05. The van der Waals surface area contributed by atoms with Crippen molar-refractivity contribution in [1.29, 1.82) is 0 Å². The van der Waals surface area contributed by atoms with Crippen molar-refractivity contribution in [2.45, 2.75) is 13.0 Å². The molecule has 0 spiro atoms. The van der Waals surface area contributed by atoms with Gasteiger partial charge >= 0.3 is 0 Å². The lowest BCUT2D eigenvalue weighted by atomic mass is 10.0. The number of hydrogen-bond donors (Lipinski definition) is 1. The molecular formula is C11H12BrN3O. The molecule has 0 aromatic carbocycles. The minimum absolute atomic E-state index is 0.0549. The Morgan fingerprint density at radius 1 is 1.44 bits per heavy atom. The standard InChI is InChI=1S/C11H12BrN3O/c1-2-15-10(8-5-13-7-14-6-8)9-3-4-16-11(9)12/h3-7,10,15H,2H2,1H3. The van der Waals surface area contributed by atoms with Gasteiger partial charge in [-0.1, -0.05) is 6.92 Å². The number of nitrogens with one attached hydrogen (secondary N) is 1. The van der Waals surface area contributed by atoms with Crippen LogP contribution in [0.4, 0.5) is 0 Å². The van der Waals surface area contributed by atoms with Crippen molar-refractivity contribution in [1.82, 2.24) is 15.3 Å². The highest BCUT2D eigenvalue weighted by Crippen LogP contribution is 2.28. The molecule has 1 unspecified atom stereocenters. The van der Waals surface area contributed by atoms with Gasteiger partial charge in [0.15, 0.2) is 4.67 Å². The van der Waals surface area contributed by atoms with E-state index in [2.05, 4.69) is 38.1 Å². The maximum atomic E-state index is 5.25. The third-order valence-corrected chi connectivity index (χ3v) is 2.92. The monoisotopic (exact) mass is 281 g/mol. The molecule has 0 aliphatic rings. The van der Waals surface area contributed by atoms with E-state index in [-0.39, 0.29) is 6.04 Å². The fourth-order valence-electron chi connectivity index (χ4n) is 1.58. The van der Waals surface area contributed by atoms with E-state index in [4.69, 9.17) is 4.42 Å². The summed E-state index contributed by atoms with van der Waals surface area (Å²) in [5, 5.41) is 3.37. The summed E-state index contributed by atoms with van der Waals surface area (Å²) in [6.45, 7) is 2.92. The van der Waals surface area contributed by atoms with E-state index in [0.29, 0.717) is 0 Å². The van der Waals surface area contributed by atoms with E-state index in [1.54, 1.807) is 18.7 Å². The molecule has 84 valence electrons. The van der Waals surface area contributed by atoms with Gasteiger partial charge in [-0.2, -0.15) is 0 Å². The SMILES string of the molecule is CCNC(c1cncnc1)c1ccoc1Br. The van der Waals surface area contributed by atoms with Crippen LogP contribution in [0.15, 0.2) is 40.1 Å². The lowest BCUT2D eigenvalue weighted by molar-refractivity contribution is 0.526. The average molecular weight is 282 g/mol. The second kappa shape index (κ2) is 5.23. The molecule has 2 heterocycles. The molecule has 2 aromatic heterocycles. The second-order valence-electron chi connectivity index (χ2n) is 3.31. The maximum Gasteiger partial charge on any atom is 0.174 e. The van der Waals surface area contributed by atoms with Crippen LogP contribution in [0.2, 0.25) is 0 Å². The number of halogens is 1. The van der Waals surface area contributed by atoms with Gasteiger partial charge in [0, 0.05) is 23.5 Å². The van der Waals surface area contributed by atoms with Crippen LogP contribution in [-0.4, -0.2) is 16.5 Å². The van der Waals surface area contributed by atoms with Crippen molar-refractivity contribution >= 4 is 15.9 Å². The maximum absolute atomic E-state index is 5.25. The molecule has 0 saturated carbocycles. The minimum Gasteiger partial charge on any atom is -0.457 e. The molecule has 0 saturated heterocycles. The lowest BCUT2D eigenvalue weighted by Gasteiger charge is -2.16. The molecule has 0 fully saturated rings. The number of furan rings is 1. The number of rotatable bonds is 4. The minimum atomic E-state index is 0.0549. The Balaban J connectivity index is 2.35. The van der Waals surface area contributed by atoms with Crippen molar-refractivity contribution in [2.75, 3.05) is 6.54 Å². The van der Waals surface area contributed by atoms with Crippen LogP contribution in [0.1, 0.15) is 24.1 Å². The first kappa shape index (κ1) is 11.3. The Morgan fingerprint density at radius 3 is 2.75 bits per heavy atom. The zero-order valence-electron chi connectivity index (χ0n) is 8.85. The highest BCUT2D eigenvalue weighted by molar-refractivity contribution is 9.10. The first-order chi connectivity index (χ1) is 7.83. The van der Waals surface area contributed by atoms with E-state index < -0.39 is 0 Å². The van der Waals surface area contributed by atoms with Crippen LogP contribution >= 0.6 is 15.9 Å². The van der Waals surface area contributed by atoms with Crippen molar-refractivity contribution < 1.29 is 4.42 Å². The third-order valence-electron chi connectivity index (χ3n) is 2.28. The smallest absolute Gasteiger partial charge is 0.174 e. The summed E-state index contributed by atoms with van der Waals surface area (Å²) in [4.78, 5) is 8.06. The topological polar surface area (TPSA) is 51.0 Å². The average Bonchev–Trinajstić information content (AvgIpc) is 2.73. The van der Waals surface area contributed by atoms with Gasteiger partial charge in [0.2, 0.25) is 0 Å². The second-order valence-corrected chi connectivity index (χ2v) is 4.03. The van der Waals surface area contributed by atoms with E-state index >= 15 is 0 Å². The van der Waals surface area contributed by atoms with Crippen molar-refractivity contribution in [2.24, 2.45) is 0 Å². The third kappa shape index (κ3) is 2.31. The highest BCUT2D eigenvalue weighted by atomic mass is 79.9. The number of nitrogens with zero attached hydrogens (tertiary/aromatic N) is 2. The summed E-state index contributed by atoms with van der Waals surface area (Å²) in [5.41, 5.74) is 2.07. The lowest BCUT2D eigenvalue weighted by Crippen LogP contribution is -2.22. The van der Waals surface area contributed by atoms with Gasteiger partial charge in [-0.3, -0.25) is 0 Å². The Labute approximate surface area is 102 Å². The van der Waals surface area contributed by atoms with Crippen LogP contribution in [-0.2, 0) is 0 Å². The summed E-state index contributed by atoms with van der Waals surface area (Å²) in [7, 11) is 0. The molecule has 2 rings (SSSR count). The first-order valence-electron chi connectivity index (χ1n) is 5.04. The molecule has 0 bridgehead atoms. The summed E-state index contributed by atoms with van der Waals surface area (Å²) in [6.07, 6.45) is 6.80. The molecule has 0 aliphatic carbocycles. The van der Waals surface area contributed by atoms with Crippen molar-refractivity contribution in [3.05, 3.63) is 46.8 Å². The molecule has 5 heteroatoms. The molecular weight excluding hydrogens is 270 g/mol. The quantitative estimate of drug-likeness (QED) is 0.936. The summed E-state index contributed by atoms with van der Waals surface area (Å²) in [5.74, 6) is 0. The van der Waals surface area contributed by atoms with Gasteiger partial charge in [0.05, 0.1) is 12.3 Å². The first-order valence-corrected chi connectivity index (χ1v) is 5.83. The summed E-state index contributed by atoms with van der Waals surface area (Å²) in [6, 6.07) is 1.99. The molecule has 1 N–H and O–H groups in total. The number of hydrogen-bond acceptors (Lipinski definition) is 4. The molecule has 2 aromatic rings. The van der Waals surface area contributed by atoms with Crippen molar-refractivity contribution in [3.8, 4) is 0 Å². The van der Waals surface area contributed by atoms with E-state index in [0.717, 1.165) is 22.3 Å². The van der Waals surface area contributed by atoms with Crippen LogP contribution in [0.5, 0.6) is 0 Å². The highest BCUT2D eigenvalue weighted by Gasteiger charge is 2.18. The van der Waals surface area contributed by atoms with Gasteiger partial charge < -0.3 is 9.73 Å². The Hall–Kier alpha value is -1.20. The molecule has 0 aliphatic heterocycles. The predicted molar refractivity (Wildman–Crippen MR) is 64.0 cm³/mol. The predicted octanol–water partition coefficient (Wildman–Crippen LogP) is 2.53. The van der Waals surface area contributed by atoms with Gasteiger partial charge in [-0.15, -0.1) is 0 Å². The van der Waals surface area contributed by atoms with Crippen LogP contribution in [0.25, 0.3) is 0 Å². The number of aromatic nitrogens is 2. The Bertz CT molecular complexity index is 444. The molecule has 0 amide bonds. The molecule has 1 atom stereocenters. The Morgan fingerprint density at radius 2 is 2.19 bits per heavy atom. The van der Waals surface area contributed by atoms with Gasteiger partial charge in [-0.05, 0) is 28.5 Å². The largest absolute Gasteiger partial charge is 0.457 e. The summed E-state index contributed by atoms with van der Waals surface area (Å²) >= 11 is 3.39. The van der Waals surface area contributed by atoms with E-state index in [1.165, 1.54) is 6.33 Å². The molecule has 16 heavy (non-hydrogen) atoms. The van der Waals surface area contributed by atoms with Crippen LogP contribution in [0.3, 0.4) is 0 Å². The van der Waals surface area contributed by atoms with E-state index in [1.807, 2.05) is 6.07 Å².